The Labute approximate surface area is 136 Å². The van der Waals surface area contributed by atoms with Crippen LogP contribution in [0.1, 0.15) is 21.8 Å². The van der Waals surface area contributed by atoms with E-state index in [4.69, 9.17) is 4.42 Å². The Morgan fingerprint density at radius 3 is 2.88 bits per heavy atom. The quantitative estimate of drug-likeness (QED) is 0.770. The first-order valence-electron chi connectivity index (χ1n) is 7.21. The Balaban J connectivity index is 1.86. The number of hydrogen-bond donors (Lipinski definition) is 2. The van der Waals surface area contributed by atoms with Crippen molar-refractivity contribution < 1.29 is 13.6 Å². The van der Waals surface area contributed by atoms with Gasteiger partial charge in [0.15, 0.2) is 0 Å². The fourth-order valence-corrected chi connectivity index (χ4v) is 2.21. The number of aryl methyl sites for hydroxylation is 1. The van der Waals surface area contributed by atoms with Crippen molar-refractivity contribution in [3.8, 4) is 11.3 Å². The summed E-state index contributed by atoms with van der Waals surface area (Å²) in [7, 11) is 0. The molecule has 0 aliphatic heterocycles. The number of carbonyl (C=O) groups is 1. The lowest BCUT2D eigenvalue weighted by Crippen LogP contribution is -2.27. The average Bonchev–Trinajstić information content (AvgIpc) is 3.08. The van der Waals surface area contributed by atoms with Crippen LogP contribution >= 0.6 is 0 Å². The number of hydrogen-bond acceptors (Lipinski definition) is 4. The lowest BCUT2D eigenvalue weighted by atomic mass is 10.1. The SMILES string of the molecule is Cc1cc(-c2cc(C(=O)NCc3ccco3)[nH]c(=O)n2)ccc1F. The van der Waals surface area contributed by atoms with Crippen LogP contribution in [-0.2, 0) is 6.54 Å². The second kappa shape index (κ2) is 6.49. The minimum Gasteiger partial charge on any atom is -0.467 e. The molecule has 0 unspecified atom stereocenters. The molecule has 0 spiro atoms. The van der Waals surface area contributed by atoms with Gasteiger partial charge in [-0.05, 0) is 48.9 Å². The summed E-state index contributed by atoms with van der Waals surface area (Å²) >= 11 is 0. The Hall–Kier alpha value is -3.22. The molecule has 0 saturated carbocycles. The summed E-state index contributed by atoms with van der Waals surface area (Å²) in [6.07, 6.45) is 1.50. The maximum atomic E-state index is 13.4. The van der Waals surface area contributed by atoms with Gasteiger partial charge in [0, 0.05) is 5.56 Å². The standard InChI is InChI=1S/C17H14FN3O3/c1-10-7-11(4-5-13(10)18)14-8-15(21-17(23)20-14)16(22)19-9-12-3-2-6-24-12/h2-8H,9H2,1H3,(H,19,22)(H,20,21,23). The third-order valence-corrected chi connectivity index (χ3v) is 3.45. The van der Waals surface area contributed by atoms with Crippen LogP contribution < -0.4 is 11.0 Å². The molecule has 3 aromatic rings. The van der Waals surface area contributed by atoms with E-state index in [1.165, 1.54) is 24.5 Å². The van der Waals surface area contributed by atoms with Gasteiger partial charge in [-0.2, -0.15) is 4.98 Å². The van der Waals surface area contributed by atoms with Crippen LogP contribution in [0.5, 0.6) is 0 Å². The molecule has 3 rings (SSSR count). The molecule has 2 heterocycles. The Bertz CT molecular complexity index is 933. The van der Waals surface area contributed by atoms with Gasteiger partial charge in [0.05, 0.1) is 18.5 Å². The fourth-order valence-electron chi connectivity index (χ4n) is 2.21. The summed E-state index contributed by atoms with van der Waals surface area (Å²) in [5.74, 6) is -0.222. The van der Waals surface area contributed by atoms with Gasteiger partial charge in [-0.1, -0.05) is 0 Å². The van der Waals surface area contributed by atoms with Crippen molar-refractivity contribution in [2.75, 3.05) is 0 Å². The van der Waals surface area contributed by atoms with Crippen molar-refractivity contribution in [1.29, 1.82) is 0 Å². The van der Waals surface area contributed by atoms with Gasteiger partial charge in [-0.3, -0.25) is 4.79 Å². The van der Waals surface area contributed by atoms with Gasteiger partial charge in [-0.25, -0.2) is 9.18 Å². The summed E-state index contributed by atoms with van der Waals surface area (Å²) in [6, 6.07) is 9.26. The van der Waals surface area contributed by atoms with Crippen LogP contribution in [0.25, 0.3) is 11.3 Å². The van der Waals surface area contributed by atoms with Gasteiger partial charge in [0.25, 0.3) is 5.91 Å². The van der Waals surface area contributed by atoms with E-state index in [0.717, 1.165) is 0 Å². The van der Waals surface area contributed by atoms with Crippen molar-refractivity contribution in [2.24, 2.45) is 0 Å². The molecule has 0 fully saturated rings. The predicted octanol–water partition coefficient (Wildman–Crippen LogP) is 2.41. The zero-order valence-corrected chi connectivity index (χ0v) is 12.8. The van der Waals surface area contributed by atoms with Crippen molar-refractivity contribution >= 4 is 5.91 Å². The van der Waals surface area contributed by atoms with Crippen LogP contribution in [0.2, 0.25) is 0 Å². The molecule has 7 heteroatoms. The number of nitrogens with zero attached hydrogens (tertiary/aromatic N) is 1. The van der Waals surface area contributed by atoms with Crippen LogP contribution in [0, 0.1) is 12.7 Å². The Kier molecular flexibility index (Phi) is 4.24. The zero-order valence-electron chi connectivity index (χ0n) is 12.8. The molecule has 0 atom stereocenters. The van der Waals surface area contributed by atoms with Gasteiger partial charge in [0.2, 0.25) is 0 Å². The predicted molar refractivity (Wildman–Crippen MR) is 84.9 cm³/mol. The monoisotopic (exact) mass is 327 g/mol. The van der Waals surface area contributed by atoms with E-state index in [-0.39, 0.29) is 18.1 Å². The van der Waals surface area contributed by atoms with E-state index in [2.05, 4.69) is 15.3 Å². The van der Waals surface area contributed by atoms with Gasteiger partial charge in [-0.15, -0.1) is 0 Å². The molecular formula is C17H14FN3O3. The van der Waals surface area contributed by atoms with E-state index >= 15 is 0 Å². The summed E-state index contributed by atoms with van der Waals surface area (Å²) in [5, 5.41) is 2.64. The molecule has 0 aliphatic rings. The molecule has 2 N–H and O–H groups in total. The van der Waals surface area contributed by atoms with Crippen molar-refractivity contribution in [1.82, 2.24) is 15.3 Å². The van der Waals surface area contributed by atoms with E-state index in [1.807, 2.05) is 0 Å². The number of rotatable bonds is 4. The molecule has 0 radical (unpaired) electrons. The highest BCUT2D eigenvalue weighted by Gasteiger charge is 2.12. The maximum absolute atomic E-state index is 13.4. The third kappa shape index (κ3) is 3.40. The molecule has 1 amide bonds. The van der Waals surface area contributed by atoms with E-state index < -0.39 is 11.6 Å². The van der Waals surface area contributed by atoms with Gasteiger partial charge in [0.1, 0.15) is 17.3 Å². The molecule has 0 saturated heterocycles. The summed E-state index contributed by atoms with van der Waals surface area (Å²) in [6.45, 7) is 1.81. The van der Waals surface area contributed by atoms with Crippen LogP contribution in [-0.4, -0.2) is 15.9 Å². The van der Waals surface area contributed by atoms with E-state index in [0.29, 0.717) is 22.6 Å². The molecule has 6 nitrogen and oxygen atoms in total. The molecule has 1 aromatic carbocycles. The number of amides is 1. The van der Waals surface area contributed by atoms with E-state index in [1.54, 1.807) is 25.1 Å². The number of halogens is 1. The second-order valence-electron chi connectivity index (χ2n) is 5.21. The fraction of sp³-hybridized carbons (Fsp3) is 0.118. The van der Waals surface area contributed by atoms with Gasteiger partial charge >= 0.3 is 5.69 Å². The highest BCUT2D eigenvalue weighted by atomic mass is 19.1. The molecular weight excluding hydrogens is 313 g/mol. The van der Waals surface area contributed by atoms with Crippen molar-refractivity contribution in [3.63, 3.8) is 0 Å². The Morgan fingerprint density at radius 1 is 1.33 bits per heavy atom. The highest BCUT2D eigenvalue weighted by molar-refractivity contribution is 5.93. The van der Waals surface area contributed by atoms with Crippen molar-refractivity contribution in [3.05, 3.63) is 76.0 Å². The number of aromatic amines is 1. The number of furan rings is 1. The molecule has 122 valence electrons. The van der Waals surface area contributed by atoms with Gasteiger partial charge < -0.3 is 14.7 Å². The number of carbonyl (C=O) groups excluding carboxylic acids is 1. The molecule has 0 bridgehead atoms. The summed E-state index contributed by atoms with van der Waals surface area (Å²) < 4.78 is 18.5. The van der Waals surface area contributed by atoms with Crippen LogP contribution in [0.4, 0.5) is 4.39 Å². The molecule has 2 aromatic heterocycles. The number of nitrogens with one attached hydrogen (secondary N) is 2. The summed E-state index contributed by atoms with van der Waals surface area (Å²) in [4.78, 5) is 30.1. The topological polar surface area (TPSA) is 88.0 Å². The highest BCUT2D eigenvalue weighted by Crippen LogP contribution is 2.19. The largest absolute Gasteiger partial charge is 0.467 e. The van der Waals surface area contributed by atoms with Crippen LogP contribution in [0.3, 0.4) is 0 Å². The minimum absolute atomic E-state index is 0.0681. The molecule has 24 heavy (non-hydrogen) atoms. The maximum Gasteiger partial charge on any atom is 0.346 e. The van der Waals surface area contributed by atoms with Crippen molar-refractivity contribution in [2.45, 2.75) is 13.5 Å². The lowest BCUT2D eigenvalue weighted by Gasteiger charge is -2.06. The number of aromatic nitrogens is 2. The smallest absolute Gasteiger partial charge is 0.346 e. The summed E-state index contributed by atoms with van der Waals surface area (Å²) in [5.41, 5.74) is 0.694. The zero-order chi connectivity index (χ0) is 17.1. The first kappa shape index (κ1) is 15.7. The molecule has 0 aliphatic carbocycles. The number of H-pyrrole nitrogens is 1. The lowest BCUT2D eigenvalue weighted by molar-refractivity contribution is 0.0942. The third-order valence-electron chi connectivity index (χ3n) is 3.45. The first-order chi connectivity index (χ1) is 11.5. The normalized spacial score (nSPS) is 10.6. The van der Waals surface area contributed by atoms with Crippen LogP contribution in [0.15, 0.2) is 51.9 Å². The minimum atomic E-state index is -0.655. The average molecular weight is 327 g/mol. The Morgan fingerprint density at radius 2 is 2.17 bits per heavy atom. The second-order valence-corrected chi connectivity index (χ2v) is 5.21. The van der Waals surface area contributed by atoms with E-state index in [9.17, 15) is 14.0 Å². The number of benzene rings is 1. The first-order valence-corrected chi connectivity index (χ1v) is 7.21.